The molecule has 1 N–H and O–H groups in total. The molecule has 1 aliphatic carbocycles. The number of carbonyl (C=O) groups is 3. The lowest BCUT2D eigenvalue weighted by molar-refractivity contribution is -0.151. The van der Waals surface area contributed by atoms with E-state index in [2.05, 4.69) is 13.2 Å². The molecule has 3 atom stereocenters. The summed E-state index contributed by atoms with van der Waals surface area (Å²) in [6, 6.07) is 3.62. The first-order chi connectivity index (χ1) is 19.3. The molecule has 9 nitrogen and oxygen atoms in total. The molecule has 0 saturated heterocycles. The summed E-state index contributed by atoms with van der Waals surface area (Å²) in [5.74, 6) is -1.13. The smallest absolute Gasteiger partial charge is 0.330 e. The standard InChI is InChI=1S/C31H43NO8/c1-5-24(37-17-12-18-39-26(33)6-2)29-25(38-19-20-40-27(34)7-3)16-15-23-28(29)21(4)30(35)32(31(23)36)22-13-10-8-9-11-14-22/h6-7,15-16,21-22,24,31,36H,2-3,5,8-14,17-20H2,1,4H3. The molecule has 9 heteroatoms. The van der Waals surface area contributed by atoms with Crippen molar-refractivity contribution in [3.8, 4) is 5.75 Å². The lowest BCUT2D eigenvalue weighted by Gasteiger charge is -2.43. The second kappa shape index (κ2) is 15.6. The fourth-order valence-corrected chi connectivity index (χ4v) is 5.61. The minimum Gasteiger partial charge on any atom is -0.490 e. The van der Waals surface area contributed by atoms with Gasteiger partial charge in [0.1, 0.15) is 19.0 Å². The molecule has 1 aliphatic heterocycles. The molecule has 0 spiro atoms. The van der Waals surface area contributed by atoms with Crippen LogP contribution in [0.5, 0.6) is 5.75 Å². The quantitative estimate of drug-likeness (QED) is 0.147. The van der Waals surface area contributed by atoms with E-state index >= 15 is 0 Å². The lowest BCUT2D eigenvalue weighted by Crippen LogP contribution is -2.48. The van der Waals surface area contributed by atoms with Crippen LogP contribution in [0.1, 0.15) is 100 Å². The second-order valence-corrected chi connectivity index (χ2v) is 10.2. The van der Waals surface area contributed by atoms with Gasteiger partial charge in [0.25, 0.3) is 0 Å². The number of hydrogen-bond donors (Lipinski definition) is 1. The van der Waals surface area contributed by atoms with Gasteiger partial charge in [-0.2, -0.15) is 0 Å². The Kier molecular flexibility index (Phi) is 12.2. The predicted molar refractivity (Wildman–Crippen MR) is 150 cm³/mol. The van der Waals surface area contributed by atoms with Crippen molar-refractivity contribution in [2.45, 2.75) is 89.5 Å². The maximum atomic E-state index is 13.8. The van der Waals surface area contributed by atoms with Crippen LogP contribution in [0.15, 0.2) is 37.4 Å². The molecule has 1 saturated carbocycles. The Hall–Kier alpha value is -3.17. The van der Waals surface area contributed by atoms with Crippen LogP contribution in [0.25, 0.3) is 0 Å². The highest BCUT2D eigenvalue weighted by atomic mass is 16.6. The van der Waals surface area contributed by atoms with Gasteiger partial charge < -0.3 is 29.0 Å². The van der Waals surface area contributed by atoms with Crippen molar-refractivity contribution in [3.63, 3.8) is 0 Å². The lowest BCUT2D eigenvalue weighted by atomic mass is 9.81. The number of esters is 2. The normalized spacial score (nSPS) is 20.2. The fourth-order valence-electron chi connectivity index (χ4n) is 5.61. The molecule has 0 aromatic heterocycles. The van der Waals surface area contributed by atoms with Gasteiger partial charge in [-0.05, 0) is 37.8 Å². The fraction of sp³-hybridized carbons (Fsp3) is 0.581. The average Bonchev–Trinajstić information content (AvgIpc) is 3.25. The molecule has 0 radical (unpaired) electrons. The van der Waals surface area contributed by atoms with Crippen molar-refractivity contribution in [1.82, 2.24) is 4.90 Å². The molecule has 1 aromatic carbocycles. The zero-order valence-electron chi connectivity index (χ0n) is 23.8. The summed E-state index contributed by atoms with van der Waals surface area (Å²) >= 11 is 0. The SMILES string of the molecule is C=CC(=O)OCCCOC(CC)c1c(OCCOC(=O)C=C)ccc2c1C(C)C(=O)N(C1CCCCCC1)C2O. The number of fused-ring (bicyclic) bond motifs is 1. The number of amides is 1. The van der Waals surface area contributed by atoms with Gasteiger partial charge in [-0.15, -0.1) is 0 Å². The van der Waals surface area contributed by atoms with Crippen LogP contribution in [-0.2, 0) is 28.6 Å². The minimum absolute atomic E-state index is 0.0102. The Bertz CT molecular complexity index is 1050. The molecule has 40 heavy (non-hydrogen) atoms. The molecule has 1 amide bonds. The van der Waals surface area contributed by atoms with Gasteiger partial charge in [0.2, 0.25) is 5.91 Å². The van der Waals surface area contributed by atoms with Gasteiger partial charge in [0, 0.05) is 35.7 Å². The molecule has 2 aliphatic rings. The number of aliphatic hydroxyl groups is 1. The van der Waals surface area contributed by atoms with E-state index in [4.69, 9.17) is 18.9 Å². The van der Waals surface area contributed by atoms with Gasteiger partial charge in [-0.3, -0.25) is 4.79 Å². The van der Waals surface area contributed by atoms with Gasteiger partial charge in [-0.1, -0.05) is 51.8 Å². The van der Waals surface area contributed by atoms with Crippen LogP contribution >= 0.6 is 0 Å². The van der Waals surface area contributed by atoms with E-state index < -0.39 is 30.2 Å². The van der Waals surface area contributed by atoms with Crippen molar-refractivity contribution in [1.29, 1.82) is 0 Å². The zero-order valence-corrected chi connectivity index (χ0v) is 23.8. The molecular formula is C31H43NO8. The van der Waals surface area contributed by atoms with Crippen LogP contribution < -0.4 is 4.74 Å². The first-order valence-electron chi connectivity index (χ1n) is 14.3. The van der Waals surface area contributed by atoms with Crippen LogP contribution in [0.4, 0.5) is 0 Å². The Balaban J connectivity index is 1.91. The van der Waals surface area contributed by atoms with Gasteiger partial charge in [-0.25, -0.2) is 9.59 Å². The Labute approximate surface area is 237 Å². The van der Waals surface area contributed by atoms with Gasteiger partial charge in [0.05, 0.1) is 25.2 Å². The summed E-state index contributed by atoms with van der Waals surface area (Å²) < 4.78 is 22.4. The van der Waals surface area contributed by atoms with Crippen molar-refractivity contribution >= 4 is 17.8 Å². The van der Waals surface area contributed by atoms with Crippen LogP contribution in [-0.4, -0.2) is 60.3 Å². The van der Waals surface area contributed by atoms with Gasteiger partial charge in [0.15, 0.2) is 6.23 Å². The molecule has 0 bridgehead atoms. The van der Waals surface area contributed by atoms with E-state index in [1.54, 1.807) is 11.0 Å². The van der Waals surface area contributed by atoms with E-state index in [0.29, 0.717) is 41.9 Å². The summed E-state index contributed by atoms with van der Waals surface area (Å²) in [5.41, 5.74) is 2.10. The molecule has 1 fully saturated rings. The largest absolute Gasteiger partial charge is 0.490 e. The number of ether oxygens (including phenoxy) is 4. The molecule has 3 unspecified atom stereocenters. The topological polar surface area (TPSA) is 112 Å². The number of hydrogen-bond acceptors (Lipinski definition) is 8. The highest BCUT2D eigenvalue weighted by Crippen LogP contribution is 2.46. The monoisotopic (exact) mass is 557 g/mol. The zero-order chi connectivity index (χ0) is 29.1. The molecule has 1 aromatic rings. The maximum absolute atomic E-state index is 13.8. The Morgan fingerprint density at radius 3 is 2.30 bits per heavy atom. The van der Waals surface area contributed by atoms with Crippen molar-refractivity contribution in [2.75, 3.05) is 26.4 Å². The van der Waals surface area contributed by atoms with Crippen LogP contribution in [0, 0.1) is 0 Å². The van der Waals surface area contributed by atoms with Crippen molar-refractivity contribution < 1.29 is 38.4 Å². The van der Waals surface area contributed by atoms with Crippen molar-refractivity contribution in [2.24, 2.45) is 0 Å². The minimum atomic E-state index is -1.06. The third-order valence-electron chi connectivity index (χ3n) is 7.56. The summed E-state index contributed by atoms with van der Waals surface area (Å²) in [7, 11) is 0. The third kappa shape index (κ3) is 7.73. The third-order valence-corrected chi connectivity index (χ3v) is 7.56. The number of benzene rings is 1. The van der Waals surface area contributed by atoms with E-state index in [9.17, 15) is 19.5 Å². The highest BCUT2D eigenvalue weighted by Gasteiger charge is 2.42. The number of carbonyl (C=O) groups excluding carboxylic acids is 3. The van der Waals surface area contributed by atoms with E-state index in [-0.39, 0.29) is 31.8 Å². The first-order valence-corrected chi connectivity index (χ1v) is 14.3. The van der Waals surface area contributed by atoms with Crippen molar-refractivity contribution in [3.05, 3.63) is 54.1 Å². The molecular weight excluding hydrogens is 514 g/mol. The molecule has 220 valence electrons. The summed E-state index contributed by atoms with van der Waals surface area (Å²) in [6.45, 7) is 11.3. The van der Waals surface area contributed by atoms with E-state index in [1.807, 2.05) is 19.9 Å². The van der Waals surface area contributed by atoms with Crippen LogP contribution in [0.3, 0.4) is 0 Å². The first kappa shape index (κ1) is 31.4. The summed E-state index contributed by atoms with van der Waals surface area (Å²) in [4.78, 5) is 38.3. The Morgan fingerprint density at radius 2 is 1.68 bits per heavy atom. The average molecular weight is 558 g/mol. The van der Waals surface area contributed by atoms with Crippen LogP contribution in [0.2, 0.25) is 0 Å². The number of aliphatic hydroxyl groups excluding tert-OH is 1. The Morgan fingerprint density at radius 1 is 1.02 bits per heavy atom. The van der Waals surface area contributed by atoms with Gasteiger partial charge >= 0.3 is 11.9 Å². The van der Waals surface area contributed by atoms with E-state index in [0.717, 1.165) is 50.7 Å². The number of nitrogens with zero attached hydrogens (tertiary/aromatic N) is 1. The maximum Gasteiger partial charge on any atom is 0.330 e. The highest BCUT2D eigenvalue weighted by molar-refractivity contribution is 5.87. The molecule has 1 heterocycles. The summed E-state index contributed by atoms with van der Waals surface area (Å²) in [5, 5.41) is 11.5. The molecule has 3 rings (SSSR count). The second-order valence-electron chi connectivity index (χ2n) is 10.2. The van der Waals surface area contributed by atoms with E-state index in [1.165, 1.54) is 0 Å². The predicted octanol–water partition coefficient (Wildman–Crippen LogP) is 5.04. The summed E-state index contributed by atoms with van der Waals surface area (Å²) in [6.07, 6.45) is 7.93. The number of rotatable bonds is 14.